The van der Waals surface area contributed by atoms with Crippen molar-refractivity contribution in [2.24, 2.45) is 5.92 Å². The van der Waals surface area contributed by atoms with Crippen molar-refractivity contribution in [3.63, 3.8) is 0 Å². The Labute approximate surface area is 124 Å². The van der Waals surface area contributed by atoms with Crippen LogP contribution in [0.2, 0.25) is 0 Å². The zero-order valence-electron chi connectivity index (χ0n) is 12.4. The van der Waals surface area contributed by atoms with Crippen LogP contribution >= 0.6 is 12.4 Å². The standard InChI is InChI=1S/C16H26N2.ClH/c1-13-5-4-6-16(11-13)14(2)18-9-7-15(8-10-18)12-17-3;/h4-6,11,14-15,17H,7-10,12H2,1-3H3;1H. The highest BCUT2D eigenvalue weighted by molar-refractivity contribution is 5.85. The van der Waals surface area contributed by atoms with Crippen molar-refractivity contribution in [2.75, 3.05) is 26.7 Å². The third kappa shape index (κ3) is 4.48. The van der Waals surface area contributed by atoms with Gasteiger partial charge in [-0.2, -0.15) is 0 Å². The number of nitrogens with one attached hydrogen (secondary N) is 1. The van der Waals surface area contributed by atoms with E-state index in [1.165, 1.54) is 43.6 Å². The normalized spacial score (nSPS) is 18.9. The lowest BCUT2D eigenvalue weighted by atomic mass is 9.94. The molecule has 2 rings (SSSR count). The first-order valence-electron chi connectivity index (χ1n) is 7.16. The van der Waals surface area contributed by atoms with Crippen LogP contribution in [-0.2, 0) is 0 Å². The fourth-order valence-corrected chi connectivity index (χ4v) is 2.97. The van der Waals surface area contributed by atoms with Gasteiger partial charge in [0.15, 0.2) is 0 Å². The van der Waals surface area contributed by atoms with Crippen LogP contribution in [0.15, 0.2) is 24.3 Å². The fourth-order valence-electron chi connectivity index (χ4n) is 2.97. The average molecular weight is 283 g/mol. The first kappa shape index (κ1) is 16.5. The second-order valence-corrected chi connectivity index (χ2v) is 5.63. The molecule has 1 aromatic rings. The third-order valence-corrected chi connectivity index (χ3v) is 4.21. The van der Waals surface area contributed by atoms with Crippen molar-refractivity contribution < 1.29 is 0 Å². The molecule has 0 radical (unpaired) electrons. The number of benzene rings is 1. The first-order valence-corrected chi connectivity index (χ1v) is 7.16. The van der Waals surface area contributed by atoms with E-state index in [1.807, 2.05) is 0 Å². The molecule has 19 heavy (non-hydrogen) atoms. The smallest absolute Gasteiger partial charge is 0.0319 e. The topological polar surface area (TPSA) is 15.3 Å². The van der Waals surface area contributed by atoms with Gasteiger partial charge in [0, 0.05) is 6.04 Å². The van der Waals surface area contributed by atoms with Crippen LogP contribution in [0, 0.1) is 12.8 Å². The van der Waals surface area contributed by atoms with Gasteiger partial charge in [-0.15, -0.1) is 12.4 Å². The molecule has 0 aliphatic carbocycles. The molecule has 0 amide bonds. The molecule has 108 valence electrons. The maximum Gasteiger partial charge on any atom is 0.0319 e. The van der Waals surface area contributed by atoms with Gasteiger partial charge < -0.3 is 5.32 Å². The SMILES string of the molecule is CNCC1CCN(C(C)c2cccc(C)c2)CC1.Cl. The molecule has 1 N–H and O–H groups in total. The molecule has 1 aromatic carbocycles. The van der Waals surface area contributed by atoms with E-state index >= 15 is 0 Å². The van der Waals surface area contributed by atoms with Gasteiger partial charge in [0.1, 0.15) is 0 Å². The molecule has 1 saturated heterocycles. The summed E-state index contributed by atoms with van der Waals surface area (Å²) in [7, 11) is 2.06. The Bertz CT molecular complexity index is 373. The summed E-state index contributed by atoms with van der Waals surface area (Å²) in [6.45, 7) is 8.16. The average Bonchev–Trinajstić information content (AvgIpc) is 2.39. The molecule has 1 aliphatic rings. The molecular formula is C16H27ClN2. The summed E-state index contributed by atoms with van der Waals surface area (Å²) >= 11 is 0. The minimum Gasteiger partial charge on any atom is -0.319 e. The van der Waals surface area contributed by atoms with E-state index in [2.05, 4.69) is 55.4 Å². The van der Waals surface area contributed by atoms with Crippen LogP contribution in [0.1, 0.15) is 36.9 Å². The Balaban J connectivity index is 0.00000180. The first-order chi connectivity index (χ1) is 8.70. The number of aryl methyl sites for hydroxylation is 1. The van der Waals surface area contributed by atoms with Gasteiger partial charge in [0.05, 0.1) is 0 Å². The predicted octanol–water partition coefficient (Wildman–Crippen LogP) is 3.41. The van der Waals surface area contributed by atoms with Crippen LogP contribution < -0.4 is 5.32 Å². The van der Waals surface area contributed by atoms with Crippen LogP contribution in [0.4, 0.5) is 0 Å². The van der Waals surface area contributed by atoms with Crippen LogP contribution in [0.3, 0.4) is 0 Å². The Morgan fingerprint density at radius 3 is 2.58 bits per heavy atom. The highest BCUT2D eigenvalue weighted by Gasteiger charge is 2.22. The second kappa shape index (κ2) is 7.88. The Kier molecular flexibility index (Phi) is 6.84. The molecule has 0 spiro atoms. The molecule has 0 bridgehead atoms. The van der Waals surface area contributed by atoms with E-state index in [9.17, 15) is 0 Å². The van der Waals surface area contributed by atoms with Gasteiger partial charge in [0.2, 0.25) is 0 Å². The number of likely N-dealkylation sites (tertiary alicyclic amines) is 1. The third-order valence-electron chi connectivity index (χ3n) is 4.21. The van der Waals surface area contributed by atoms with E-state index in [0.717, 1.165) is 5.92 Å². The molecule has 1 aliphatic heterocycles. The molecular weight excluding hydrogens is 256 g/mol. The van der Waals surface area contributed by atoms with Crippen molar-refractivity contribution in [2.45, 2.75) is 32.7 Å². The molecule has 0 saturated carbocycles. The molecule has 1 atom stereocenters. The van der Waals surface area contributed by atoms with Crippen molar-refractivity contribution in [3.8, 4) is 0 Å². The van der Waals surface area contributed by atoms with Gasteiger partial charge in [0.25, 0.3) is 0 Å². The minimum atomic E-state index is 0. The van der Waals surface area contributed by atoms with Crippen LogP contribution in [0.25, 0.3) is 0 Å². The second-order valence-electron chi connectivity index (χ2n) is 5.63. The largest absolute Gasteiger partial charge is 0.319 e. The van der Waals surface area contributed by atoms with Gasteiger partial charge in [-0.05, 0) is 64.9 Å². The molecule has 1 heterocycles. The van der Waals surface area contributed by atoms with Crippen LogP contribution in [0.5, 0.6) is 0 Å². The lowest BCUT2D eigenvalue weighted by molar-refractivity contribution is 0.141. The van der Waals surface area contributed by atoms with Crippen LogP contribution in [-0.4, -0.2) is 31.6 Å². The Hall–Kier alpha value is -0.570. The number of piperidine rings is 1. The summed E-state index contributed by atoms with van der Waals surface area (Å²) in [5.41, 5.74) is 2.83. The lowest BCUT2D eigenvalue weighted by Crippen LogP contribution is -2.38. The quantitative estimate of drug-likeness (QED) is 0.910. The van der Waals surface area contributed by atoms with E-state index in [4.69, 9.17) is 0 Å². The van der Waals surface area contributed by atoms with E-state index in [1.54, 1.807) is 0 Å². The number of halogens is 1. The number of nitrogens with zero attached hydrogens (tertiary/aromatic N) is 1. The highest BCUT2D eigenvalue weighted by atomic mass is 35.5. The molecule has 3 heteroatoms. The number of hydrogen-bond donors (Lipinski definition) is 1. The zero-order valence-corrected chi connectivity index (χ0v) is 13.2. The molecule has 0 aromatic heterocycles. The van der Waals surface area contributed by atoms with Gasteiger partial charge >= 0.3 is 0 Å². The predicted molar refractivity (Wildman–Crippen MR) is 85.1 cm³/mol. The number of hydrogen-bond acceptors (Lipinski definition) is 2. The summed E-state index contributed by atoms with van der Waals surface area (Å²) in [6.07, 6.45) is 2.66. The van der Waals surface area contributed by atoms with Gasteiger partial charge in [-0.1, -0.05) is 29.8 Å². The van der Waals surface area contributed by atoms with Crippen molar-refractivity contribution in [1.82, 2.24) is 10.2 Å². The maximum absolute atomic E-state index is 3.30. The molecule has 1 unspecified atom stereocenters. The fraction of sp³-hybridized carbons (Fsp3) is 0.625. The highest BCUT2D eigenvalue weighted by Crippen LogP contribution is 2.26. The summed E-state index contributed by atoms with van der Waals surface area (Å²) in [4.78, 5) is 2.63. The van der Waals surface area contributed by atoms with Gasteiger partial charge in [-0.25, -0.2) is 0 Å². The van der Waals surface area contributed by atoms with E-state index in [0.29, 0.717) is 6.04 Å². The summed E-state index contributed by atoms with van der Waals surface area (Å²) in [5, 5.41) is 3.30. The van der Waals surface area contributed by atoms with E-state index < -0.39 is 0 Å². The Morgan fingerprint density at radius 1 is 1.32 bits per heavy atom. The zero-order chi connectivity index (χ0) is 13.0. The van der Waals surface area contributed by atoms with Crippen molar-refractivity contribution in [1.29, 1.82) is 0 Å². The summed E-state index contributed by atoms with van der Waals surface area (Å²) < 4.78 is 0. The monoisotopic (exact) mass is 282 g/mol. The Morgan fingerprint density at radius 2 is 2.00 bits per heavy atom. The molecule has 2 nitrogen and oxygen atoms in total. The van der Waals surface area contributed by atoms with E-state index in [-0.39, 0.29) is 12.4 Å². The summed E-state index contributed by atoms with van der Waals surface area (Å²) in [6, 6.07) is 9.49. The van der Waals surface area contributed by atoms with Crippen molar-refractivity contribution >= 4 is 12.4 Å². The van der Waals surface area contributed by atoms with Gasteiger partial charge in [-0.3, -0.25) is 4.90 Å². The summed E-state index contributed by atoms with van der Waals surface area (Å²) in [5.74, 6) is 0.871. The lowest BCUT2D eigenvalue weighted by Gasteiger charge is -2.36. The molecule has 1 fully saturated rings. The van der Waals surface area contributed by atoms with Crippen molar-refractivity contribution in [3.05, 3.63) is 35.4 Å². The maximum atomic E-state index is 3.30. The minimum absolute atomic E-state index is 0. The number of rotatable bonds is 4.